The number of methoxy groups -OCH3 is 4. The summed E-state index contributed by atoms with van der Waals surface area (Å²) in [5.74, 6) is 3.25. The van der Waals surface area contributed by atoms with E-state index < -0.39 is 0 Å². The summed E-state index contributed by atoms with van der Waals surface area (Å²) in [4.78, 5) is 2.25. The van der Waals surface area contributed by atoms with Crippen LogP contribution in [0.25, 0.3) is 11.1 Å². The Morgan fingerprint density at radius 2 is 0.918 bits per heavy atom. The van der Waals surface area contributed by atoms with Crippen molar-refractivity contribution in [3.8, 4) is 23.0 Å². The van der Waals surface area contributed by atoms with Crippen molar-refractivity contribution in [3.05, 3.63) is 161 Å². The maximum atomic E-state index is 5.58. The largest absolute Gasteiger partial charge is 0.497 e. The van der Waals surface area contributed by atoms with E-state index in [0.717, 1.165) is 73.2 Å². The van der Waals surface area contributed by atoms with Gasteiger partial charge in [-0.25, -0.2) is 0 Å². The highest BCUT2D eigenvalue weighted by Crippen LogP contribution is 2.36. The van der Waals surface area contributed by atoms with Crippen LogP contribution in [0.5, 0.6) is 23.0 Å². The number of aryl methyl sites for hydroxylation is 2. The lowest BCUT2D eigenvalue weighted by molar-refractivity contribution is 0.414. The van der Waals surface area contributed by atoms with Crippen molar-refractivity contribution in [2.45, 2.75) is 40.0 Å². The molecule has 5 nitrogen and oxygen atoms in total. The van der Waals surface area contributed by atoms with Gasteiger partial charge in [0.05, 0.1) is 28.4 Å². The van der Waals surface area contributed by atoms with Crippen LogP contribution in [0.2, 0.25) is 0 Å². The van der Waals surface area contributed by atoms with Crippen LogP contribution in [0.3, 0.4) is 0 Å². The maximum Gasteiger partial charge on any atom is 0.119 e. The molecule has 0 atom stereocenters. The van der Waals surface area contributed by atoms with Crippen molar-refractivity contribution in [3.63, 3.8) is 0 Å². The summed E-state index contributed by atoms with van der Waals surface area (Å²) in [6, 6.07) is 37.7. The molecule has 0 aliphatic heterocycles. The minimum Gasteiger partial charge on any atom is -0.497 e. The summed E-state index contributed by atoms with van der Waals surface area (Å²) in [6.45, 7) is 11.0. The summed E-state index contributed by atoms with van der Waals surface area (Å²) < 4.78 is 22.2. The van der Waals surface area contributed by atoms with Crippen LogP contribution in [0, 0.1) is 13.8 Å². The molecule has 5 aromatic rings. The summed E-state index contributed by atoms with van der Waals surface area (Å²) in [7, 11) is 6.78. The Hall–Kier alpha value is -5.42. The molecule has 0 spiro atoms. The number of rotatable bonds is 11. The quantitative estimate of drug-likeness (QED) is 0.142. The Kier molecular flexibility index (Phi) is 10.8. The van der Waals surface area contributed by atoms with Gasteiger partial charge in [-0.3, -0.25) is 0 Å². The van der Waals surface area contributed by atoms with E-state index in [4.69, 9.17) is 18.9 Å². The fourth-order valence-electron chi connectivity index (χ4n) is 5.87. The van der Waals surface area contributed by atoms with Gasteiger partial charge >= 0.3 is 0 Å². The van der Waals surface area contributed by atoms with Gasteiger partial charge in [-0.05, 0) is 119 Å². The van der Waals surface area contributed by atoms with Gasteiger partial charge < -0.3 is 23.8 Å². The highest BCUT2D eigenvalue weighted by Gasteiger charge is 2.19. The summed E-state index contributed by atoms with van der Waals surface area (Å²) >= 11 is 0. The Bertz CT molecular complexity index is 1830. The first-order valence-electron chi connectivity index (χ1n) is 16.5. The minimum absolute atomic E-state index is 0.0358. The van der Waals surface area contributed by atoms with Crippen molar-refractivity contribution < 1.29 is 18.9 Å². The highest BCUT2D eigenvalue weighted by atomic mass is 16.5. The number of anilines is 1. The zero-order valence-corrected chi connectivity index (χ0v) is 30.1. The second kappa shape index (κ2) is 15.2. The van der Waals surface area contributed by atoms with Crippen molar-refractivity contribution >= 4 is 16.8 Å². The van der Waals surface area contributed by atoms with Crippen LogP contribution in [0.15, 0.2) is 122 Å². The standard InChI is InChI=1S/C44H47NO4/c1-30-25-38(48-8)21-23-40(30)42(32-13-17-36(46-6)18-14-32)28-45(35-12-10-11-34(27-35)44(3,4)5)29-43(33-15-19-37(47-7)20-16-33)41-24-22-39(49-9)26-31(41)2/h10-29H,1-9H3. The Balaban J connectivity index is 1.84. The molecule has 0 aromatic heterocycles. The van der Waals surface area contributed by atoms with E-state index in [9.17, 15) is 0 Å². The van der Waals surface area contributed by atoms with Gasteiger partial charge in [-0.2, -0.15) is 0 Å². The third kappa shape index (κ3) is 8.18. The molecule has 0 saturated carbocycles. The van der Waals surface area contributed by atoms with E-state index in [1.54, 1.807) is 28.4 Å². The fraction of sp³-hybridized carbons (Fsp3) is 0.227. The molecule has 0 bridgehead atoms. The van der Waals surface area contributed by atoms with Crippen molar-refractivity contribution in [2.75, 3.05) is 33.3 Å². The van der Waals surface area contributed by atoms with Gasteiger partial charge in [0.2, 0.25) is 0 Å². The van der Waals surface area contributed by atoms with Crippen LogP contribution >= 0.6 is 0 Å². The average Bonchev–Trinajstić information content (AvgIpc) is 3.12. The van der Waals surface area contributed by atoms with E-state index >= 15 is 0 Å². The third-order valence-corrected chi connectivity index (χ3v) is 8.80. The molecule has 5 rings (SSSR count). The molecule has 0 radical (unpaired) electrons. The van der Waals surface area contributed by atoms with E-state index in [1.807, 2.05) is 36.4 Å². The van der Waals surface area contributed by atoms with Crippen LogP contribution < -0.4 is 23.8 Å². The number of benzene rings is 5. The van der Waals surface area contributed by atoms with Crippen molar-refractivity contribution in [1.29, 1.82) is 0 Å². The lowest BCUT2D eigenvalue weighted by atomic mass is 9.87. The van der Waals surface area contributed by atoms with E-state index in [2.05, 4.69) is 125 Å². The van der Waals surface area contributed by atoms with Crippen molar-refractivity contribution in [2.24, 2.45) is 0 Å². The molecule has 0 heterocycles. The Labute approximate surface area is 292 Å². The first kappa shape index (κ1) is 34.9. The van der Waals surface area contributed by atoms with Crippen LogP contribution in [0.1, 0.15) is 59.7 Å². The third-order valence-electron chi connectivity index (χ3n) is 8.80. The number of hydrogen-bond acceptors (Lipinski definition) is 5. The lowest BCUT2D eigenvalue weighted by Crippen LogP contribution is -2.15. The number of ether oxygens (including phenoxy) is 4. The molecule has 0 saturated heterocycles. The van der Waals surface area contributed by atoms with Gasteiger partial charge in [-0.15, -0.1) is 0 Å². The Morgan fingerprint density at radius 3 is 1.29 bits per heavy atom. The normalized spacial score (nSPS) is 12.0. The fourth-order valence-corrected chi connectivity index (χ4v) is 5.87. The van der Waals surface area contributed by atoms with Gasteiger partial charge in [0.25, 0.3) is 0 Å². The topological polar surface area (TPSA) is 40.2 Å². The molecule has 0 aliphatic rings. The van der Waals surface area contributed by atoms with Gasteiger partial charge in [0.15, 0.2) is 0 Å². The van der Waals surface area contributed by atoms with Gasteiger partial charge in [0.1, 0.15) is 23.0 Å². The molecular formula is C44H47NO4. The molecule has 0 aliphatic carbocycles. The molecule has 49 heavy (non-hydrogen) atoms. The predicted molar refractivity (Wildman–Crippen MR) is 203 cm³/mol. The van der Waals surface area contributed by atoms with Gasteiger partial charge in [-0.1, -0.05) is 69.3 Å². The molecule has 252 valence electrons. The smallest absolute Gasteiger partial charge is 0.119 e. The zero-order valence-electron chi connectivity index (χ0n) is 30.1. The first-order valence-corrected chi connectivity index (χ1v) is 16.5. The number of nitrogens with zero attached hydrogens (tertiary/aromatic N) is 1. The predicted octanol–water partition coefficient (Wildman–Crippen LogP) is 10.6. The van der Waals surface area contributed by atoms with Crippen LogP contribution in [-0.4, -0.2) is 28.4 Å². The number of hydrogen-bond donors (Lipinski definition) is 0. The van der Waals surface area contributed by atoms with E-state index in [1.165, 1.54) is 5.56 Å². The highest BCUT2D eigenvalue weighted by molar-refractivity contribution is 5.87. The van der Waals surface area contributed by atoms with Crippen LogP contribution in [0.4, 0.5) is 5.69 Å². The molecule has 0 unspecified atom stereocenters. The van der Waals surface area contributed by atoms with Crippen molar-refractivity contribution in [1.82, 2.24) is 0 Å². The average molecular weight is 654 g/mol. The minimum atomic E-state index is -0.0358. The summed E-state index contributed by atoms with van der Waals surface area (Å²) in [5, 5.41) is 0. The molecule has 5 aromatic carbocycles. The second-order valence-corrected chi connectivity index (χ2v) is 13.1. The molecular weight excluding hydrogens is 606 g/mol. The van der Waals surface area contributed by atoms with Gasteiger partial charge in [0, 0.05) is 29.2 Å². The summed E-state index contributed by atoms with van der Waals surface area (Å²) in [5.41, 5.74) is 10.9. The lowest BCUT2D eigenvalue weighted by Gasteiger charge is -2.26. The van der Waals surface area contributed by atoms with E-state index in [-0.39, 0.29) is 5.41 Å². The van der Waals surface area contributed by atoms with E-state index in [0.29, 0.717) is 0 Å². The second-order valence-electron chi connectivity index (χ2n) is 13.1. The zero-order chi connectivity index (χ0) is 35.1. The molecule has 5 heteroatoms. The molecule has 0 N–H and O–H groups in total. The summed E-state index contributed by atoms with van der Waals surface area (Å²) in [6.07, 6.45) is 4.47. The molecule has 0 fully saturated rings. The van der Waals surface area contributed by atoms with Crippen LogP contribution in [-0.2, 0) is 5.41 Å². The molecule has 0 amide bonds. The maximum absolute atomic E-state index is 5.58. The SMILES string of the molecule is COc1ccc(C(=CN(C=C(c2ccc(OC)cc2)c2ccc(OC)cc2C)c2cccc(C(C)(C)C)c2)c2ccc(OC)cc2C)cc1. The monoisotopic (exact) mass is 653 g/mol. The first-order chi connectivity index (χ1) is 23.5. The Morgan fingerprint density at radius 1 is 0.510 bits per heavy atom.